The minimum Gasteiger partial charge on any atom is -0.508 e. The van der Waals surface area contributed by atoms with Gasteiger partial charge in [0, 0.05) is 18.0 Å². The van der Waals surface area contributed by atoms with Crippen LogP contribution in [-0.4, -0.2) is 36.4 Å². The van der Waals surface area contributed by atoms with E-state index in [2.05, 4.69) is 11.9 Å². The second-order valence-corrected chi connectivity index (χ2v) is 4.53. The first kappa shape index (κ1) is 11.1. The van der Waals surface area contributed by atoms with Gasteiger partial charge in [0.1, 0.15) is 12.0 Å². The summed E-state index contributed by atoms with van der Waals surface area (Å²) in [6.07, 6.45) is 1.99. The molecule has 0 radical (unpaired) electrons. The van der Waals surface area contributed by atoms with Gasteiger partial charge in [0.15, 0.2) is 0 Å². The summed E-state index contributed by atoms with van der Waals surface area (Å²) < 4.78 is 0. The Morgan fingerprint density at radius 2 is 2.25 bits per heavy atom. The topological polar surface area (TPSA) is 40.5 Å². The first-order chi connectivity index (χ1) is 7.72. The van der Waals surface area contributed by atoms with Crippen LogP contribution in [0.3, 0.4) is 0 Å². The normalized spacial score (nSPS) is 23.2. The van der Waals surface area contributed by atoms with Gasteiger partial charge in [-0.2, -0.15) is 0 Å². The number of carbonyl (C=O) groups is 1. The Kier molecular flexibility index (Phi) is 3.25. The van der Waals surface area contributed by atoms with E-state index in [0.717, 1.165) is 31.4 Å². The fourth-order valence-electron chi connectivity index (χ4n) is 2.47. The van der Waals surface area contributed by atoms with E-state index < -0.39 is 0 Å². The van der Waals surface area contributed by atoms with Crippen LogP contribution < -0.4 is 0 Å². The van der Waals surface area contributed by atoms with Gasteiger partial charge in [0.2, 0.25) is 0 Å². The van der Waals surface area contributed by atoms with Crippen molar-refractivity contribution in [2.75, 3.05) is 20.1 Å². The standard InChI is InChI=1S/C13H17NO2/c1-14-7-6-10(8-14)12(9-15)11-4-2-3-5-13(11)16/h2-5,9-10,12,16H,6-8H2,1H3. The number of aldehydes is 1. The predicted octanol–water partition coefficient (Wildman–Crippen LogP) is 1.63. The Bertz CT molecular complexity index is 378. The number of rotatable bonds is 3. The van der Waals surface area contributed by atoms with Crippen molar-refractivity contribution in [3.05, 3.63) is 29.8 Å². The summed E-state index contributed by atoms with van der Waals surface area (Å²) in [6, 6.07) is 7.13. The monoisotopic (exact) mass is 219 g/mol. The molecule has 1 aliphatic rings. The van der Waals surface area contributed by atoms with Crippen molar-refractivity contribution in [2.45, 2.75) is 12.3 Å². The second-order valence-electron chi connectivity index (χ2n) is 4.53. The van der Waals surface area contributed by atoms with Gasteiger partial charge < -0.3 is 14.8 Å². The summed E-state index contributed by atoms with van der Waals surface area (Å²) in [4.78, 5) is 13.4. The molecule has 0 amide bonds. The molecule has 1 aromatic rings. The van der Waals surface area contributed by atoms with E-state index in [-0.39, 0.29) is 11.7 Å². The number of phenols is 1. The molecule has 2 rings (SSSR count). The lowest BCUT2D eigenvalue weighted by molar-refractivity contribution is -0.110. The highest BCUT2D eigenvalue weighted by molar-refractivity contribution is 5.65. The Balaban J connectivity index is 2.23. The third-order valence-electron chi connectivity index (χ3n) is 3.38. The van der Waals surface area contributed by atoms with Crippen LogP contribution in [0.1, 0.15) is 17.9 Å². The zero-order chi connectivity index (χ0) is 11.5. The van der Waals surface area contributed by atoms with E-state index in [0.29, 0.717) is 5.92 Å². The highest BCUT2D eigenvalue weighted by Gasteiger charge is 2.29. The fraction of sp³-hybridized carbons (Fsp3) is 0.462. The number of hydrogen-bond acceptors (Lipinski definition) is 3. The molecule has 0 spiro atoms. The van der Waals surface area contributed by atoms with E-state index in [1.807, 2.05) is 12.1 Å². The average molecular weight is 219 g/mol. The van der Waals surface area contributed by atoms with Gasteiger partial charge in [-0.15, -0.1) is 0 Å². The Labute approximate surface area is 95.7 Å². The summed E-state index contributed by atoms with van der Waals surface area (Å²) >= 11 is 0. The molecule has 2 atom stereocenters. The molecule has 0 bridgehead atoms. The Hall–Kier alpha value is -1.35. The molecule has 1 aliphatic heterocycles. The molecular formula is C13H17NO2. The number of hydrogen-bond donors (Lipinski definition) is 1. The van der Waals surface area contributed by atoms with Gasteiger partial charge in [-0.05, 0) is 32.0 Å². The van der Waals surface area contributed by atoms with E-state index in [1.54, 1.807) is 12.1 Å². The van der Waals surface area contributed by atoms with Gasteiger partial charge in [0.25, 0.3) is 0 Å². The zero-order valence-electron chi connectivity index (χ0n) is 9.47. The van der Waals surface area contributed by atoms with Crippen LogP contribution in [0.25, 0.3) is 0 Å². The van der Waals surface area contributed by atoms with Crippen LogP contribution in [0.5, 0.6) is 5.75 Å². The average Bonchev–Trinajstić information content (AvgIpc) is 2.69. The second kappa shape index (κ2) is 4.66. The molecule has 2 unspecified atom stereocenters. The van der Waals surface area contributed by atoms with Crippen LogP contribution in [0.4, 0.5) is 0 Å². The predicted molar refractivity (Wildman–Crippen MR) is 62.5 cm³/mol. The van der Waals surface area contributed by atoms with Crippen molar-refractivity contribution in [1.82, 2.24) is 4.90 Å². The lowest BCUT2D eigenvalue weighted by Gasteiger charge is -2.19. The molecule has 1 N–H and O–H groups in total. The summed E-state index contributed by atoms with van der Waals surface area (Å²) in [6.45, 7) is 1.96. The van der Waals surface area contributed by atoms with Crippen LogP contribution >= 0.6 is 0 Å². The van der Waals surface area contributed by atoms with Crippen molar-refractivity contribution in [3.8, 4) is 5.75 Å². The third kappa shape index (κ3) is 2.09. The number of aromatic hydroxyl groups is 1. The number of benzene rings is 1. The fourth-order valence-corrected chi connectivity index (χ4v) is 2.47. The maximum atomic E-state index is 11.2. The molecule has 1 heterocycles. The number of likely N-dealkylation sites (tertiary alicyclic amines) is 1. The van der Waals surface area contributed by atoms with Crippen LogP contribution in [0.15, 0.2) is 24.3 Å². The molecule has 3 heteroatoms. The molecule has 1 saturated heterocycles. The molecule has 1 fully saturated rings. The lowest BCUT2D eigenvalue weighted by atomic mass is 9.86. The minimum atomic E-state index is -0.175. The van der Waals surface area contributed by atoms with E-state index in [4.69, 9.17) is 0 Å². The van der Waals surface area contributed by atoms with Crippen LogP contribution in [-0.2, 0) is 4.79 Å². The highest BCUT2D eigenvalue weighted by atomic mass is 16.3. The van der Waals surface area contributed by atoms with Crippen molar-refractivity contribution < 1.29 is 9.90 Å². The molecule has 0 aromatic heterocycles. The van der Waals surface area contributed by atoms with Gasteiger partial charge >= 0.3 is 0 Å². The molecular weight excluding hydrogens is 202 g/mol. The first-order valence-electron chi connectivity index (χ1n) is 5.64. The molecule has 0 saturated carbocycles. The first-order valence-corrected chi connectivity index (χ1v) is 5.64. The highest BCUT2D eigenvalue weighted by Crippen LogP contribution is 2.34. The number of carbonyl (C=O) groups excluding carboxylic acids is 1. The maximum absolute atomic E-state index is 11.2. The summed E-state index contributed by atoms with van der Waals surface area (Å²) in [5, 5.41) is 9.77. The summed E-state index contributed by atoms with van der Waals surface area (Å²) in [7, 11) is 2.06. The van der Waals surface area contributed by atoms with Crippen molar-refractivity contribution in [2.24, 2.45) is 5.92 Å². The van der Waals surface area contributed by atoms with E-state index in [9.17, 15) is 9.90 Å². The quantitative estimate of drug-likeness (QED) is 0.785. The molecule has 3 nitrogen and oxygen atoms in total. The summed E-state index contributed by atoms with van der Waals surface area (Å²) in [5.41, 5.74) is 0.762. The Morgan fingerprint density at radius 1 is 1.50 bits per heavy atom. The minimum absolute atomic E-state index is 0.175. The summed E-state index contributed by atoms with van der Waals surface area (Å²) in [5.74, 6) is 0.385. The Morgan fingerprint density at radius 3 is 2.81 bits per heavy atom. The maximum Gasteiger partial charge on any atom is 0.127 e. The van der Waals surface area contributed by atoms with Crippen LogP contribution in [0.2, 0.25) is 0 Å². The van der Waals surface area contributed by atoms with E-state index in [1.165, 1.54) is 0 Å². The third-order valence-corrected chi connectivity index (χ3v) is 3.38. The smallest absolute Gasteiger partial charge is 0.127 e. The zero-order valence-corrected chi connectivity index (χ0v) is 9.47. The lowest BCUT2D eigenvalue weighted by Crippen LogP contribution is -2.19. The largest absolute Gasteiger partial charge is 0.508 e. The number of phenolic OH excluding ortho intramolecular Hbond substituents is 1. The molecule has 86 valence electrons. The van der Waals surface area contributed by atoms with Gasteiger partial charge in [-0.3, -0.25) is 0 Å². The number of nitrogens with zero attached hydrogens (tertiary/aromatic N) is 1. The molecule has 16 heavy (non-hydrogen) atoms. The van der Waals surface area contributed by atoms with Gasteiger partial charge in [0.05, 0.1) is 0 Å². The van der Waals surface area contributed by atoms with Gasteiger partial charge in [-0.1, -0.05) is 18.2 Å². The van der Waals surface area contributed by atoms with Gasteiger partial charge in [-0.25, -0.2) is 0 Å². The van der Waals surface area contributed by atoms with Crippen molar-refractivity contribution >= 4 is 6.29 Å². The van der Waals surface area contributed by atoms with Crippen molar-refractivity contribution in [1.29, 1.82) is 0 Å². The van der Waals surface area contributed by atoms with Crippen LogP contribution in [0, 0.1) is 5.92 Å². The molecule has 1 aromatic carbocycles. The van der Waals surface area contributed by atoms with E-state index >= 15 is 0 Å². The number of para-hydroxylation sites is 1. The molecule has 0 aliphatic carbocycles. The van der Waals surface area contributed by atoms with Crippen molar-refractivity contribution in [3.63, 3.8) is 0 Å². The SMILES string of the molecule is CN1CCC(C(C=O)c2ccccc2O)C1.